The number of carbonyl (C=O) groups excluding carboxylic acids is 2. The smallest absolute Gasteiger partial charge is 0.344 e. The number of benzene rings is 2. The third-order valence-corrected chi connectivity index (χ3v) is 6.42. The van der Waals surface area contributed by atoms with Crippen LogP contribution in [-0.2, 0) is 16.1 Å². The number of rotatable bonds is 6. The first kappa shape index (κ1) is 22.5. The number of halogens is 1. The maximum Gasteiger partial charge on any atom is 0.344 e. The van der Waals surface area contributed by atoms with Gasteiger partial charge in [-0.2, -0.15) is 0 Å². The first-order chi connectivity index (χ1) is 15.9. The summed E-state index contributed by atoms with van der Waals surface area (Å²) in [5.74, 6) is -1.07. The second kappa shape index (κ2) is 9.43. The van der Waals surface area contributed by atoms with Gasteiger partial charge in [0.25, 0.3) is 5.69 Å². The topological polar surface area (TPSA) is 99.0 Å². The Kier molecular flexibility index (Phi) is 6.43. The molecule has 168 valence electrons. The van der Waals surface area contributed by atoms with Gasteiger partial charge in [-0.3, -0.25) is 10.1 Å². The Morgan fingerprint density at radius 3 is 2.58 bits per heavy atom. The fraction of sp³-hybridized carbons (Fsp3) is 0.130. The molecule has 10 heteroatoms. The van der Waals surface area contributed by atoms with Gasteiger partial charge in [0.1, 0.15) is 0 Å². The number of nitrogens with zero attached hydrogens (tertiary/aromatic N) is 2. The van der Waals surface area contributed by atoms with Crippen LogP contribution in [0.3, 0.4) is 0 Å². The largest absolute Gasteiger partial charge is 0.467 e. The van der Waals surface area contributed by atoms with Crippen LogP contribution < -0.4 is 4.74 Å². The normalized spacial score (nSPS) is 13.2. The molecule has 1 aliphatic heterocycles. The Morgan fingerprint density at radius 1 is 1.18 bits per heavy atom. The lowest BCUT2D eigenvalue weighted by Gasteiger charge is -2.31. The summed E-state index contributed by atoms with van der Waals surface area (Å²) >= 11 is 7.62. The number of methoxy groups -OCH3 is 1. The van der Waals surface area contributed by atoms with Crippen LogP contribution >= 0.6 is 22.9 Å². The number of thiophene rings is 1. The van der Waals surface area contributed by atoms with Gasteiger partial charge < -0.3 is 14.4 Å². The van der Waals surface area contributed by atoms with Crippen molar-refractivity contribution >= 4 is 46.6 Å². The average molecular weight is 485 g/mol. The molecule has 1 aromatic heterocycles. The highest BCUT2D eigenvalue weighted by Crippen LogP contribution is 2.38. The summed E-state index contributed by atoms with van der Waals surface area (Å²) < 4.78 is 10.5. The zero-order chi connectivity index (χ0) is 23.5. The van der Waals surface area contributed by atoms with Gasteiger partial charge in [0, 0.05) is 40.3 Å². The van der Waals surface area contributed by atoms with Gasteiger partial charge in [-0.15, -0.1) is 0 Å². The first-order valence-electron chi connectivity index (χ1n) is 9.73. The minimum absolute atomic E-state index is 0.109. The number of nitro benzene ring substituents is 1. The van der Waals surface area contributed by atoms with E-state index in [0.29, 0.717) is 22.2 Å². The van der Waals surface area contributed by atoms with E-state index in [1.807, 2.05) is 11.0 Å². The average Bonchev–Trinajstić information content (AvgIpc) is 3.22. The summed E-state index contributed by atoms with van der Waals surface area (Å²) in [6.45, 7) is 0.377. The Labute approximate surface area is 197 Å². The molecule has 8 nitrogen and oxygen atoms in total. The molecule has 0 spiro atoms. The highest BCUT2D eigenvalue weighted by molar-refractivity contribution is 7.15. The number of hydrogen-bond acceptors (Lipinski definition) is 8. The van der Waals surface area contributed by atoms with Crippen LogP contribution in [0.2, 0.25) is 5.02 Å². The van der Waals surface area contributed by atoms with Crippen molar-refractivity contribution in [2.45, 2.75) is 12.6 Å². The fourth-order valence-electron chi connectivity index (χ4n) is 3.44. The molecule has 0 saturated heterocycles. The van der Waals surface area contributed by atoms with Gasteiger partial charge in [0.15, 0.2) is 11.1 Å². The fourth-order valence-corrected chi connectivity index (χ4v) is 4.60. The van der Waals surface area contributed by atoms with Crippen molar-refractivity contribution in [2.75, 3.05) is 7.11 Å². The van der Waals surface area contributed by atoms with Crippen LogP contribution in [0.5, 0.6) is 5.06 Å². The Bertz CT molecular complexity index is 1250. The number of carbonyl (C=O) groups is 2. The second-order valence-corrected chi connectivity index (χ2v) is 8.54. The number of esters is 2. The van der Waals surface area contributed by atoms with E-state index in [4.69, 9.17) is 21.1 Å². The zero-order valence-electron chi connectivity index (χ0n) is 17.3. The number of fused-ring (bicyclic) bond motifs is 1. The number of nitro groups is 1. The van der Waals surface area contributed by atoms with E-state index in [1.165, 1.54) is 42.7 Å². The molecule has 0 N–H and O–H groups in total. The van der Waals surface area contributed by atoms with Gasteiger partial charge in [-0.05, 0) is 35.9 Å². The molecule has 2 aromatic carbocycles. The highest BCUT2D eigenvalue weighted by atomic mass is 35.5. The van der Waals surface area contributed by atoms with E-state index in [-0.39, 0.29) is 11.3 Å². The monoisotopic (exact) mass is 484 g/mol. The van der Waals surface area contributed by atoms with E-state index in [0.717, 1.165) is 10.4 Å². The molecule has 1 aliphatic rings. The zero-order valence-corrected chi connectivity index (χ0v) is 18.8. The highest BCUT2D eigenvalue weighted by Gasteiger charge is 2.31. The van der Waals surface area contributed by atoms with Crippen molar-refractivity contribution in [1.29, 1.82) is 0 Å². The quantitative estimate of drug-likeness (QED) is 0.268. The van der Waals surface area contributed by atoms with Crippen molar-refractivity contribution in [3.05, 3.63) is 97.5 Å². The second-order valence-electron chi connectivity index (χ2n) is 7.08. The Hall–Kier alpha value is -3.69. The van der Waals surface area contributed by atoms with E-state index in [9.17, 15) is 19.7 Å². The molecular weight excluding hydrogens is 468 g/mol. The van der Waals surface area contributed by atoms with Gasteiger partial charge in [0.2, 0.25) is 0 Å². The Morgan fingerprint density at radius 2 is 1.91 bits per heavy atom. The van der Waals surface area contributed by atoms with Crippen LogP contribution in [0, 0.1) is 10.1 Å². The summed E-state index contributed by atoms with van der Waals surface area (Å²) in [5, 5.41) is 11.6. The Balaban J connectivity index is 1.52. The lowest BCUT2D eigenvalue weighted by molar-refractivity contribution is -0.384. The molecule has 0 radical (unpaired) electrons. The van der Waals surface area contributed by atoms with E-state index < -0.39 is 22.9 Å². The van der Waals surface area contributed by atoms with Gasteiger partial charge >= 0.3 is 11.9 Å². The van der Waals surface area contributed by atoms with Crippen LogP contribution in [0.15, 0.2) is 60.8 Å². The third kappa shape index (κ3) is 4.74. The molecule has 0 aliphatic carbocycles. The molecule has 2 heterocycles. The predicted octanol–water partition coefficient (Wildman–Crippen LogP) is 5.23. The number of ether oxygens (including phenoxy) is 2. The summed E-state index contributed by atoms with van der Waals surface area (Å²) in [4.78, 5) is 38.0. The lowest BCUT2D eigenvalue weighted by Crippen LogP contribution is -2.32. The van der Waals surface area contributed by atoms with Gasteiger partial charge in [-0.1, -0.05) is 41.1 Å². The van der Waals surface area contributed by atoms with E-state index in [1.54, 1.807) is 36.5 Å². The van der Waals surface area contributed by atoms with Crippen molar-refractivity contribution in [3.63, 3.8) is 0 Å². The van der Waals surface area contributed by atoms with Gasteiger partial charge in [0.05, 0.1) is 17.6 Å². The van der Waals surface area contributed by atoms with Crippen molar-refractivity contribution < 1.29 is 24.0 Å². The predicted molar refractivity (Wildman–Crippen MR) is 123 cm³/mol. The van der Waals surface area contributed by atoms with Crippen molar-refractivity contribution in [3.8, 4) is 5.06 Å². The lowest BCUT2D eigenvalue weighted by atomic mass is 10.0. The summed E-state index contributed by atoms with van der Waals surface area (Å²) in [6.07, 6.45) is 3.62. The molecular formula is C23H17ClN2O6S. The molecule has 0 saturated carbocycles. The molecule has 4 rings (SSSR count). The van der Waals surface area contributed by atoms with E-state index >= 15 is 0 Å². The van der Waals surface area contributed by atoms with Crippen LogP contribution in [0.25, 0.3) is 6.08 Å². The molecule has 0 fully saturated rings. The maximum absolute atomic E-state index is 12.6. The standard InChI is InChI=1S/C23H17ClN2O6S/c1-31-23(28)21(17-4-2-3-5-18(17)24)25-11-10-19-15(13-25)12-20(33-19)32-22(27)14-6-8-16(9-7-14)26(29)30/h2-12,21H,13H2,1H3/t21-/m0/s1. The number of hydrogen-bond donors (Lipinski definition) is 0. The molecule has 0 bridgehead atoms. The van der Waals surface area contributed by atoms with Crippen molar-refractivity contribution in [2.24, 2.45) is 0 Å². The molecule has 1 atom stereocenters. The van der Waals surface area contributed by atoms with Gasteiger partial charge in [-0.25, -0.2) is 9.59 Å². The SMILES string of the molecule is COC(=O)[C@H](c1ccccc1Cl)N1C=Cc2sc(OC(=O)c3ccc([N+](=O)[O-])cc3)cc2C1. The van der Waals surface area contributed by atoms with E-state index in [2.05, 4.69) is 0 Å². The summed E-state index contributed by atoms with van der Waals surface area (Å²) in [7, 11) is 1.33. The minimum Gasteiger partial charge on any atom is -0.467 e. The van der Waals surface area contributed by atoms with Crippen molar-refractivity contribution in [1.82, 2.24) is 4.90 Å². The summed E-state index contributed by atoms with van der Waals surface area (Å²) in [5.41, 5.74) is 1.59. The van der Waals surface area contributed by atoms with Crippen LogP contribution in [0.4, 0.5) is 5.69 Å². The van der Waals surface area contributed by atoms with Crippen LogP contribution in [0.1, 0.15) is 32.4 Å². The molecule has 0 amide bonds. The maximum atomic E-state index is 12.6. The number of non-ortho nitro benzene ring substituents is 1. The van der Waals surface area contributed by atoms with Crippen LogP contribution in [-0.4, -0.2) is 28.9 Å². The third-order valence-electron chi connectivity index (χ3n) is 5.05. The first-order valence-corrected chi connectivity index (χ1v) is 10.9. The molecule has 33 heavy (non-hydrogen) atoms. The summed E-state index contributed by atoms with van der Waals surface area (Å²) in [6, 6.07) is 13.3. The molecule has 0 unspecified atom stereocenters. The molecule has 3 aromatic rings. The minimum atomic E-state index is -0.737.